The fourth-order valence-electron chi connectivity index (χ4n) is 0.789. The first-order valence-corrected chi connectivity index (χ1v) is 4.70. The van der Waals surface area contributed by atoms with Crippen LogP contribution >= 0.6 is 11.6 Å². The van der Waals surface area contributed by atoms with Crippen LogP contribution in [0.2, 0.25) is 0 Å². The maximum atomic E-state index is 11.3. The number of rotatable bonds is 4. The van der Waals surface area contributed by atoms with Gasteiger partial charge in [0.2, 0.25) is 6.79 Å². The van der Waals surface area contributed by atoms with Gasteiger partial charge in [-0.25, -0.2) is 9.59 Å². The number of aromatic nitrogens is 1. The fraction of sp³-hybridized carbons (Fsp3) is 0.222. The minimum atomic E-state index is -1.00. The Morgan fingerprint density at radius 2 is 1.88 bits per heavy atom. The zero-order chi connectivity index (χ0) is 11.8. The molecule has 1 aromatic rings. The molecule has 0 saturated carbocycles. The highest BCUT2D eigenvalue weighted by atomic mass is 35.5. The van der Waals surface area contributed by atoms with Gasteiger partial charge in [-0.15, -0.1) is 0 Å². The zero-order valence-corrected chi connectivity index (χ0v) is 8.85. The van der Waals surface area contributed by atoms with E-state index in [-0.39, 0.29) is 6.07 Å². The van der Waals surface area contributed by atoms with Gasteiger partial charge in [-0.3, -0.25) is 4.98 Å². The second kappa shape index (κ2) is 6.62. The molecule has 0 aliphatic heterocycles. The van der Waals surface area contributed by atoms with Gasteiger partial charge in [0.1, 0.15) is 0 Å². The molecule has 0 aromatic carbocycles. The second-order valence-electron chi connectivity index (χ2n) is 2.43. The van der Waals surface area contributed by atoms with Crippen LogP contribution in [0.3, 0.4) is 0 Å². The molecular formula is C9H8ClNO5. The van der Waals surface area contributed by atoms with Crippen LogP contribution in [-0.2, 0) is 14.2 Å². The van der Waals surface area contributed by atoms with E-state index in [9.17, 15) is 9.59 Å². The van der Waals surface area contributed by atoms with Gasteiger partial charge in [-0.2, -0.15) is 0 Å². The van der Waals surface area contributed by atoms with Gasteiger partial charge in [0.15, 0.2) is 6.07 Å². The van der Waals surface area contributed by atoms with Crippen LogP contribution in [0.15, 0.2) is 24.5 Å². The van der Waals surface area contributed by atoms with E-state index in [2.05, 4.69) is 19.2 Å². The molecule has 1 heterocycles. The van der Waals surface area contributed by atoms with Crippen molar-refractivity contribution in [2.75, 3.05) is 12.9 Å². The molecule has 0 spiro atoms. The van der Waals surface area contributed by atoms with Crippen LogP contribution in [0.4, 0.5) is 4.79 Å². The van der Waals surface area contributed by atoms with Gasteiger partial charge in [-0.1, -0.05) is 11.6 Å². The normalized spacial score (nSPS) is 9.31. The van der Waals surface area contributed by atoms with Crippen molar-refractivity contribution in [3.63, 3.8) is 0 Å². The van der Waals surface area contributed by atoms with Gasteiger partial charge in [0, 0.05) is 12.4 Å². The summed E-state index contributed by atoms with van der Waals surface area (Å²) in [5.74, 6) is -0.624. The summed E-state index contributed by atoms with van der Waals surface area (Å²) in [4.78, 5) is 25.6. The van der Waals surface area contributed by atoms with E-state index in [1.165, 1.54) is 24.5 Å². The Bertz CT molecular complexity index is 356. The van der Waals surface area contributed by atoms with Crippen molar-refractivity contribution in [1.29, 1.82) is 0 Å². The lowest BCUT2D eigenvalue weighted by atomic mass is 10.3. The molecule has 1 rings (SSSR count). The van der Waals surface area contributed by atoms with E-state index >= 15 is 0 Å². The lowest BCUT2D eigenvalue weighted by molar-refractivity contribution is -0.0235. The minimum Gasteiger partial charge on any atom is -0.424 e. The summed E-state index contributed by atoms with van der Waals surface area (Å²) in [7, 11) is 0. The number of ether oxygens (including phenoxy) is 3. The summed E-state index contributed by atoms with van der Waals surface area (Å²) >= 11 is 5.10. The number of nitrogens with zero attached hydrogens (tertiary/aromatic N) is 1. The summed E-state index contributed by atoms with van der Waals surface area (Å²) in [5, 5.41) is 0. The predicted molar refractivity (Wildman–Crippen MR) is 52.8 cm³/mol. The summed E-state index contributed by atoms with van der Waals surface area (Å²) < 4.78 is 13.2. The molecule has 0 radical (unpaired) electrons. The molecule has 0 fully saturated rings. The maximum absolute atomic E-state index is 11.3. The van der Waals surface area contributed by atoms with Crippen molar-refractivity contribution < 1.29 is 23.8 Å². The Balaban J connectivity index is 2.29. The van der Waals surface area contributed by atoms with E-state index in [4.69, 9.17) is 11.6 Å². The van der Waals surface area contributed by atoms with Crippen molar-refractivity contribution in [2.24, 2.45) is 0 Å². The molecule has 7 heteroatoms. The van der Waals surface area contributed by atoms with Crippen LogP contribution in [0, 0.1) is 0 Å². The molecule has 86 valence electrons. The van der Waals surface area contributed by atoms with Crippen LogP contribution in [0.1, 0.15) is 10.4 Å². The van der Waals surface area contributed by atoms with Crippen molar-refractivity contribution in [2.45, 2.75) is 0 Å². The third-order valence-corrected chi connectivity index (χ3v) is 1.56. The molecule has 0 N–H and O–H groups in total. The van der Waals surface area contributed by atoms with Crippen LogP contribution in [0.5, 0.6) is 0 Å². The number of esters is 1. The molecule has 1 aromatic heterocycles. The number of halogens is 1. The van der Waals surface area contributed by atoms with Gasteiger partial charge in [-0.05, 0) is 12.1 Å². The number of pyridine rings is 1. The standard InChI is InChI=1S/C9H8ClNO5/c10-5-14-9(13)16-6-15-8(12)7-1-3-11-4-2-7/h1-4H,5-6H2. The Morgan fingerprint density at radius 1 is 1.19 bits per heavy atom. The predicted octanol–water partition coefficient (Wildman–Crippen LogP) is 1.55. The average molecular weight is 246 g/mol. The molecule has 0 unspecified atom stereocenters. The van der Waals surface area contributed by atoms with E-state index in [0.717, 1.165) is 0 Å². The fourth-order valence-corrected chi connectivity index (χ4v) is 0.878. The first kappa shape index (κ1) is 12.3. The quantitative estimate of drug-likeness (QED) is 0.455. The summed E-state index contributed by atoms with van der Waals surface area (Å²) in [5.41, 5.74) is 0.310. The highest BCUT2D eigenvalue weighted by molar-refractivity contribution is 6.17. The summed E-state index contributed by atoms with van der Waals surface area (Å²) in [6.45, 7) is -0.531. The second-order valence-corrected chi connectivity index (χ2v) is 2.65. The Kier molecular flexibility index (Phi) is 5.07. The number of alkyl halides is 1. The number of hydrogen-bond acceptors (Lipinski definition) is 6. The topological polar surface area (TPSA) is 74.7 Å². The Hall–Kier alpha value is -1.82. The molecule has 0 aliphatic carbocycles. The molecule has 0 atom stereocenters. The van der Waals surface area contributed by atoms with Crippen LogP contribution in [0.25, 0.3) is 0 Å². The lowest BCUT2D eigenvalue weighted by Crippen LogP contribution is -2.13. The maximum Gasteiger partial charge on any atom is 0.512 e. The first-order chi connectivity index (χ1) is 7.74. The number of carbonyl (C=O) groups is 2. The molecule has 0 bridgehead atoms. The van der Waals surface area contributed by atoms with Gasteiger partial charge in [0.25, 0.3) is 0 Å². The molecule has 0 saturated heterocycles. The van der Waals surface area contributed by atoms with Crippen molar-refractivity contribution in [1.82, 2.24) is 4.98 Å². The molecule has 0 aliphatic rings. The van der Waals surface area contributed by atoms with Crippen molar-refractivity contribution in [3.05, 3.63) is 30.1 Å². The molecule has 0 amide bonds. The van der Waals surface area contributed by atoms with E-state index in [1.807, 2.05) is 0 Å². The molecule has 6 nitrogen and oxygen atoms in total. The van der Waals surface area contributed by atoms with Crippen molar-refractivity contribution >= 4 is 23.7 Å². The molecule has 16 heavy (non-hydrogen) atoms. The number of carbonyl (C=O) groups excluding carboxylic acids is 2. The largest absolute Gasteiger partial charge is 0.512 e. The monoisotopic (exact) mass is 245 g/mol. The van der Waals surface area contributed by atoms with Gasteiger partial charge >= 0.3 is 12.1 Å². The summed E-state index contributed by atoms with van der Waals surface area (Å²) in [6.07, 6.45) is 1.89. The van der Waals surface area contributed by atoms with E-state index in [0.29, 0.717) is 5.56 Å². The van der Waals surface area contributed by atoms with Gasteiger partial charge < -0.3 is 14.2 Å². The smallest absolute Gasteiger partial charge is 0.424 e. The van der Waals surface area contributed by atoms with E-state index < -0.39 is 18.9 Å². The third kappa shape index (κ3) is 4.14. The Labute approximate surface area is 96.1 Å². The van der Waals surface area contributed by atoms with Crippen molar-refractivity contribution in [3.8, 4) is 0 Å². The Morgan fingerprint density at radius 3 is 2.50 bits per heavy atom. The highest BCUT2D eigenvalue weighted by Crippen LogP contribution is 1.99. The highest BCUT2D eigenvalue weighted by Gasteiger charge is 2.08. The summed E-state index contributed by atoms with van der Waals surface area (Å²) in [6, 6.07) is 2.62. The van der Waals surface area contributed by atoms with Crippen LogP contribution < -0.4 is 0 Å². The SMILES string of the molecule is O=C(OCCl)OCOC(=O)c1ccncc1. The van der Waals surface area contributed by atoms with E-state index in [1.54, 1.807) is 0 Å². The zero-order valence-electron chi connectivity index (χ0n) is 8.09. The third-order valence-electron chi connectivity index (χ3n) is 1.46. The number of hydrogen-bond donors (Lipinski definition) is 0. The average Bonchev–Trinajstić information content (AvgIpc) is 2.30. The van der Waals surface area contributed by atoms with Gasteiger partial charge in [0.05, 0.1) is 5.56 Å². The minimum absolute atomic E-state index is 0.310. The van der Waals surface area contributed by atoms with Crippen LogP contribution in [-0.4, -0.2) is 30.0 Å². The first-order valence-electron chi connectivity index (χ1n) is 4.16. The molecular weight excluding hydrogens is 238 g/mol. The lowest BCUT2D eigenvalue weighted by Gasteiger charge is -2.05.